The van der Waals surface area contributed by atoms with Gasteiger partial charge in [0.25, 0.3) is 0 Å². The molecule has 2 rings (SSSR count). The number of likely N-dealkylation sites (tertiary alicyclic amines) is 1. The van der Waals surface area contributed by atoms with E-state index in [0.717, 1.165) is 19.5 Å². The maximum Gasteiger partial charge on any atom is 0.358 e. The van der Waals surface area contributed by atoms with Crippen molar-refractivity contribution in [2.45, 2.75) is 32.4 Å². The molecule has 1 aromatic rings. The number of hydrogen-bond donors (Lipinski definition) is 1. The summed E-state index contributed by atoms with van der Waals surface area (Å²) >= 11 is 0. The molecule has 8 nitrogen and oxygen atoms in total. The number of nitrogens with zero attached hydrogens (tertiary/aromatic N) is 5. The van der Waals surface area contributed by atoms with Crippen LogP contribution in [0.5, 0.6) is 0 Å². The van der Waals surface area contributed by atoms with Gasteiger partial charge in [-0.25, -0.2) is 9.48 Å². The average Bonchev–Trinajstić information content (AvgIpc) is 3.07. The van der Waals surface area contributed by atoms with Crippen LogP contribution >= 0.6 is 0 Å². The molecule has 1 saturated heterocycles. The van der Waals surface area contributed by atoms with Crippen LogP contribution in [0.1, 0.15) is 30.3 Å². The Balaban J connectivity index is 1.88. The van der Waals surface area contributed by atoms with Crippen molar-refractivity contribution < 1.29 is 14.7 Å². The van der Waals surface area contributed by atoms with Crippen LogP contribution in [0, 0.1) is 0 Å². The molecule has 1 N–H and O–H groups in total. The van der Waals surface area contributed by atoms with Crippen molar-refractivity contribution in [2.24, 2.45) is 0 Å². The first-order valence-corrected chi connectivity index (χ1v) is 7.12. The zero-order valence-corrected chi connectivity index (χ0v) is 12.4. The molecule has 2 heterocycles. The molecule has 0 aromatic carbocycles. The van der Waals surface area contributed by atoms with Gasteiger partial charge < -0.3 is 10.0 Å². The number of carboxylic acids is 1. The lowest BCUT2D eigenvalue weighted by Gasteiger charge is -2.27. The monoisotopic (exact) mass is 295 g/mol. The maximum atomic E-state index is 12.1. The topological polar surface area (TPSA) is 91.6 Å². The molecule has 0 saturated carbocycles. The Hall–Kier alpha value is -1.96. The van der Waals surface area contributed by atoms with Crippen molar-refractivity contribution in [1.29, 1.82) is 0 Å². The van der Waals surface area contributed by atoms with Gasteiger partial charge in [-0.2, -0.15) is 0 Å². The van der Waals surface area contributed by atoms with Crippen molar-refractivity contribution in [2.75, 3.05) is 26.7 Å². The Morgan fingerprint density at radius 3 is 2.90 bits per heavy atom. The van der Waals surface area contributed by atoms with Gasteiger partial charge in [0.15, 0.2) is 5.69 Å². The van der Waals surface area contributed by atoms with Crippen LogP contribution in [-0.2, 0) is 11.3 Å². The van der Waals surface area contributed by atoms with Gasteiger partial charge in [0.1, 0.15) is 6.54 Å². The first kappa shape index (κ1) is 15.4. The predicted octanol–water partition coefficient (Wildman–Crippen LogP) is -0.0810. The lowest BCUT2D eigenvalue weighted by molar-refractivity contribution is -0.131. The molecule has 1 unspecified atom stereocenters. The Morgan fingerprint density at radius 1 is 1.52 bits per heavy atom. The van der Waals surface area contributed by atoms with Gasteiger partial charge in [-0.05, 0) is 25.9 Å². The van der Waals surface area contributed by atoms with Gasteiger partial charge in [0.05, 0.1) is 6.20 Å². The molecule has 0 radical (unpaired) electrons. The number of likely N-dealkylation sites (N-methyl/N-ethyl adjacent to an activating group) is 2. The van der Waals surface area contributed by atoms with E-state index in [1.54, 1.807) is 11.9 Å². The molecule has 0 aliphatic carbocycles. The van der Waals surface area contributed by atoms with E-state index in [1.807, 2.05) is 0 Å². The molecule has 1 fully saturated rings. The molecule has 1 aliphatic heterocycles. The van der Waals surface area contributed by atoms with Crippen LogP contribution < -0.4 is 0 Å². The summed E-state index contributed by atoms with van der Waals surface area (Å²) in [4.78, 5) is 26.9. The summed E-state index contributed by atoms with van der Waals surface area (Å²) in [5.41, 5.74) is -0.154. The van der Waals surface area contributed by atoms with Crippen LogP contribution in [0.15, 0.2) is 6.20 Å². The Bertz CT molecular complexity index is 516. The highest BCUT2D eigenvalue weighted by Crippen LogP contribution is 2.17. The fourth-order valence-corrected chi connectivity index (χ4v) is 2.67. The molecular formula is C13H21N5O3. The molecule has 116 valence electrons. The normalized spacial score (nSPS) is 18.9. The maximum absolute atomic E-state index is 12.1. The quantitative estimate of drug-likeness (QED) is 0.789. The third-order valence-corrected chi connectivity index (χ3v) is 3.87. The zero-order valence-electron chi connectivity index (χ0n) is 12.4. The van der Waals surface area contributed by atoms with E-state index in [9.17, 15) is 9.59 Å². The lowest BCUT2D eigenvalue weighted by Crippen LogP contribution is -2.42. The number of carboxylic acid groups (broad SMARTS) is 1. The number of aromatic carboxylic acids is 1. The van der Waals surface area contributed by atoms with Crippen LogP contribution in [-0.4, -0.2) is 74.5 Å². The van der Waals surface area contributed by atoms with Crippen molar-refractivity contribution in [3.63, 3.8) is 0 Å². The van der Waals surface area contributed by atoms with Gasteiger partial charge in [-0.1, -0.05) is 12.1 Å². The molecule has 0 spiro atoms. The molecule has 0 bridgehead atoms. The van der Waals surface area contributed by atoms with Gasteiger partial charge >= 0.3 is 5.97 Å². The van der Waals surface area contributed by atoms with E-state index in [0.29, 0.717) is 12.6 Å². The number of aromatic nitrogens is 3. The van der Waals surface area contributed by atoms with Gasteiger partial charge in [-0.15, -0.1) is 5.10 Å². The lowest BCUT2D eigenvalue weighted by atomic mass is 10.2. The van der Waals surface area contributed by atoms with E-state index >= 15 is 0 Å². The second kappa shape index (κ2) is 6.66. The van der Waals surface area contributed by atoms with Gasteiger partial charge in [0, 0.05) is 19.6 Å². The number of rotatable bonds is 6. The summed E-state index contributed by atoms with van der Waals surface area (Å²) in [6.45, 7) is 4.91. The van der Waals surface area contributed by atoms with Crippen LogP contribution in [0.2, 0.25) is 0 Å². The summed E-state index contributed by atoms with van der Waals surface area (Å²) in [5, 5.41) is 15.9. The summed E-state index contributed by atoms with van der Waals surface area (Å²) in [6, 6.07) is 0.411. The third-order valence-electron chi connectivity index (χ3n) is 3.87. The molecule has 1 atom stereocenters. The van der Waals surface area contributed by atoms with E-state index < -0.39 is 5.97 Å². The third kappa shape index (κ3) is 3.78. The molecule has 1 amide bonds. The SMILES string of the molecule is CCN1CCCC1CN(C)C(=O)Cn1cc(C(=O)O)nn1. The number of hydrogen-bond acceptors (Lipinski definition) is 5. The Labute approximate surface area is 123 Å². The second-order valence-corrected chi connectivity index (χ2v) is 5.31. The minimum atomic E-state index is -1.15. The Kier molecular flexibility index (Phi) is 4.89. The molecule has 1 aromatic heterocycles. The molecular weight excluding hydrogens is 274 g/mol. The number of carbonyl (C=O) groups excluding carboxylic acids is 1. The largest absolute Gasteiger partial charge is 0.476 e. The summed E-state index contributed by atoms with van der Waals surface area (Å²) < 4.78 is 1.26. The predicted molar refractivity (Wildman–Crippen MR) is 74.9 cm³/mol. The van der Waals surface area contributed by atoms with Crippen molar-refractivity contribution in [3.8, 4) is 0 Å². The summed E-state index contributed by atoms with van der Waals surface area (Å²) in [6.07, 6.45) is 3.55. The smallest absolute Gasteiger partial charge is 0.358 e. The highest BCUT2D eigenvalue weighted by molar-refractivity contribution is 5.84. The fourth-order valence-electron chi connectivity index (χ4n) is 2.67. The molecule has 21 heavy (non-hydrogen) atoms. The average molecular weight is 295 g/mol. The molecule has 1 aliphatic rings. The minimum absolute atomic E-state index is 0.00955. The van der Waals surface area contributed by atoms with E-state index in [1.165, 1.54) is 17.3 Å². The zero-order chi connectivity index (χ0) is 15.4. The fraction of sp³-hybridized carbons (Fsp3) is 0.692. The molecule has 8 heteroatoms. The Morgan fingerprint density at radius 2 is 2.29 bits per heavy atom. The summed E-state index contributed by atoms with van der Waals surface area (Å²) in [5.74, 6) is -1.24. The van der Waals surface area contributed by atoms with E-state index in [2.05, 4.69) is 22.1 Å². The van der Waals surface area contributed by atoms with Gasteiger partial charge in [-0.3, -0.25) is 9.69 Å². The highest BCUT2D eigenvalue weighted by Gasteiger charge is 2.25. The second-order valence-electron chi connectivity index (χ2n) is 5.31. The van der Waals surface area contributed by atoms with Crippen molar-refractivity contribution in [1.82, 2.24) is 24.8 Å². The van der Waals surface area contributed by atoms with Crippen molar-refractivity contribution >= 4 is 11.9 Å². The van der Waals surface area contributed by atoms with E-state index in [-0.39, 0.29) is 18.1 Å². The van der Waals surface area contributed by atoms with Crippen LogP contribution in [0.25, 0.3) is 0 Å². The standard InChI is InChI=1S/C13H21N5O3/c1-3-17-6-4-5-10(17)7-16(2)12(19)9-18-8-11(13(20)21)14-15-18/h8,10H,3-7,9H2,1-2H3,(H,20,21). The van der Waals surface area contributed by atoms with Crippen LogP contribution in [0.4, 0.5) is 0 Å². The van der Waals surface area contributed by atoms with E-state index in [4.69, 9.17) is 5.11 Å². The number of carbonyl (C=O) groups is 2. The number of amides is 1. The summed E-state index contributed by atoms with van der Waals surface area (Å²) in [7, 11) is 1.77. The van der Waals surface area contributed by atoms with Crippen LogP contribution in [0.3, 0.4) is 0 Å². The van der Waals surface area contributed by atoms with Crippen molar-refractivity contribution in [3.05, 3.63) is 11.9 Å². The highest BCUT2D eigenvalue weighted by atomic mass is 16.4. The first-order chi connectivity index (χ1) is 10.0. The van der Waals surface area contributed by atoms with Gasteiger partial charge in [0.2, 0.25) is 5.91 Å². The first-order valence-electron chi connectivity index (χ1n) is 7.12. The minimum Gasteiger partial charge on any atom is -0.476 e.